The van der Waals surface area contributed by atoms with E-state index in [9.17, 15) is 23.8 Å². The first kappa shape index (κ1) is 47.0. The molecule has 0 aliphatic carbocycles. The maximum absolute atomic E-state index is 12.5. The molecule has 0 heterocycles. The molecule has 12 heteroatoms. The SMILES string of the molecule is CCCCC/C=C/C/C=C/CCCCCCCCCC(=O)O[C@@H](COC(=O)CCCCCCCCCC)COP(=O)(O)OC[C@H](N)C(=O)O. The molecule has 0 aliphatic rings. The van der Waals surface area contributed by atoms with Crippen LogP contribution in [0.2, 0.25) is 0 Å². The zero-order valence-electron chi connectivity index (χ0n) is 30.5. The number of carbonyl (C=O) groups is 3. The van der Waals surface area contributed by atoms with Crippen LogP contribution in [0, 0.1) is 0 Å². The summed E-state index contributed by atoms with van der Waals surface area (Å²) in [5, 5.41) is 8.84. The molecule has 0 radical (unpaired) electrons. The van der Waals surface area contributed by atoms with Crippen LogP contribution in [0.3, 0.4) is 0 Å². The molecule has 3 atom stereocenters. The molecule has 286 valence electrons. The van der Waals surface area contributed by atoms with Gasteiger partial charge in [0.05, 0.1) is 13.2 Å². The van der Waals surface area contributed by atoms with Gasteiger partial charge in [0.15, 0.2) is 6.10 Å². The monoisotopic (exact) mass is 717 g/mol. The van der Waals surface area contributed by atoms with E-state index in [4.69, 9.17) is 24.8 Å². The summed E-state index contributed by atoms with van der Waals surface area (Å²) < 4.78 is 32.5. The highest BCUT2D eigenvalue weighted by molar-refractivity contribution is 7.47. The number of carbonyl (C=O) groups excluding carboxylic acids is 2. The summed E-state index contributed by atoms with van der Waals surface area (Å²) >= 11 is 0. The zero-order chi connectivity index (χ0) is 36.4. The molecule has 0 fully saturated rings. The van der Waals surface area contributed by atoms with Crippen LogP contribution in [-0.2, 0) is 37.5 Å². The van der Waals surface area contributed by atoms with E-state index in [1.807, 2.05) is 0 Å². The van der Waals surface area contributed by atoms with Crippen LogP contribution in [0.25, 0.3) is 0 Å². The van der Waals surface area contributed by atoms with Crippen LogP contribution < -0.4 is 5.73 Å². The number of allylic oxidation sites excluding steroid dienone is 4. The maximum atomic E-state index is 12.5. The highest BCUT2D eigenvalue weighted by Crippen LogP contribution is 2.43. The van der Waals surface area contributed by atoms with E-state index in [-0.39, 0.29) is 19.4 Å². The fourth-order valence-corrected chi connectivity index (χ4v) is 5.70. The quantitative estimate of drug-likeness (QED) is 0.0247. The molecule has 0 aromatic rings. The number of aliphatic carboxylic acids is 1. The minimum Gasteiger partial charge on any atom is -0.480 e. The van der Waals surface area contributed by atoms with Crippen LogP contribution in [-0.4, -0.2) is 59.9 Å². The van der Waals surface area contributed by atoms with Crippen molar-refractivity contribution in [1.29, 1.82) is 0 Å². The van der Waals surface area contributed by atoms with Gasteiger partial charge in [-0.15, -0.1) is 0 Å². The van der Waals surface area contributed by atoms with Gasteiger partial charge in [0.25, 0.3) is 0 Å². The highest BCUT2D eigenvalue weighted by Gasteiger charge is 2.28. The average molecular weight is 718 g/mol. The molecule has 49 heavy (non-hydrogen) atoms. The Labute approximate surface area is 296 Å². The molecule has 0 bridgehead atoms. The van der Waals surface area contributed by atoms with Crippen molar-refractivity contribution < 1.29 is 47.5 Å². The summed E-state index contributed by atoms with van der Waals surface area (Å²) in [5.74, 6) is -2.39. The van der Waals surface area contributed by atoms with Gasteiger partial charge in [-0.05, 0) is 44.9 Å². The molecule has 1 unspecified atom stereocenters. The van der Waals surface area contributed by atoms with Gasteiger partial charge in [0.1, 0.15) is 12.6 Å². The van der Waals surface area contributed by atoms with E-state index in [0.29, 0.717) is 12.8 Å². The van der Waals surface area contributed by atoms with Gasteiger partial charge in [-0.1, -0.05) is 128 Å². The lowest BCUT2D eigenvalue weighted by Gasteiger charge is -2.20. The lowest BCUT2D eigenvalue weighted by molar-refractivity contribution is -0.161. The number of ether oxygens (including phenoxy) is 2. The van der Waals surface area contributed by atoms with Gasteiger partial charge >= 0.3 is 25.7 Å². The summed E-state index contributed by atoms with van der Waals surface area (Å²) in [5.41, 5.74) is 5.31. The number of unbranched alkanes of at least 4 members (excludes halogenated alkanes) is 17. The Morgan fingerprint density at radius 2 is 1.08 bits per heavy atom. The first-order valence-electron chi connectivity index (χ1n) is 18.9. The van der Waals surface area contributed by atoms with Crippen molar-refractivity contribution in [1.82, 2.24) is 0 Å². The van der Waals surface area contributed by atoms with Crippen LogP contribution in [0.4, 0.5) is 0 Å². The molecule has 0 aliphatic heterocycles. The molecular formula is C37H68NO10P. The van der Waals surface area contributed by atoms with E-state index in [0.717, 1.165) is 57.8 Å². The summed E-state index contributed by atoms with van der Waals surface area (Å²) in [6, 6.07) is -1.52. The van der Waals surface area contributed by atoms with Gasteiger partial charge in [-0.2, -0.15) is 0 Å². The van der Waals surface area contributed by atoms with E-state index in [1.54, 1.807) is 0 Å². The number of phosphoric ester groups is 1. The minimum absolute atomic E-state index is 0.154. The Kier molecular flexibility index (Phi) is 31.7. The fraction of sp³-hybridized carbons (Fsp3) is 0.811. The number of nitrogens with two attached hydrogens (primary N) is 1. The predicted octanol–water partition coefficient (Wildman–Crippen LogP) is 9.11. The standard InChI is InChI=1S/C37H68NO10P/c1-3-5-7-9-11-13-14-15-16-17-18-19-20-21-23-25-27-29-36(40)48-33(31-46-49(43,44)47-32-34(38)37(41)42)30-45-35(39)28-26-24-22-12-10-8-6-4-2/h11,13,15-16,33-34H,3-10,12,14,17-32,38H2,1-2H3,(H,41,42)(H,43,44)/b13-11+,16-15+/t33-,34-/m0/s1. The third-order valence-electron chi connectivity index (χ3n) is 7.95. The van der Waals surface area contributed by atoms with Crippen LogP contribution >= 0.6 is 7.82 Å². The second kappa shape index (κ2) is 33.1. The molecule has 0 rings (SSSR count). The zero-order valence-corrected chi connectivity index (χ0v) is 31.4. The fourth-order valence-electron chi connectivity index (χ4n) is 4.92. The van der Waals surface area contributed by atoms with Crippen molar-refractivity contribution in [2.75, 3.05) is 19.8 Å². The number of esters is 2. The third-order valence-corrected chi connectivity index (χ3v) is 8.90. The summed E-state index contributed by atoms with van der Waals surface area (Å²) in [6.45, 7) is 2.71. The minimum atomic E-state index is -4.70. The molecule has 0 saturated heterocycles. The summed E-state index contributed by atoms with van der Waals surface area (Å²) in [6.07, 6.45) is 31.2. The van der Waals surface area contributed by atoms with Crippen LogP contribution in [0.15, 0.2) is 24.3 Å². The lowest BCUT2D eigenvalue weighted by Crippen LogP contribution is -2.34. The first-order valence-corrected chi connectivity index (χ1v) is 20.4. The number of carboxylic acids is 1. The highest BCUT2D eigenvalue weighted by atomic mass is 31.2. The van der Waals surface area contributed by atoms with E-state index < -0.39 is 51.1 Å². The molecule has 4 N–H and O–H groups in total. The summed E-state index contributed by atoms with van der Waals surface area (Å²) in [7, 11) is -4.70. The van der Waals surface area contributed by atoms with Gasteiger partial charge in [-0.3, -0.25) is 23.4 Å². The second-order valence-corrected chi connectivity index (χ2v) is 14.2. The van der Waals surface area contributed by atoms with Crippen LogP contribution in [0.1, 0.15) is 162 Å². The van der Waals surface area contributed by atoms with Crippen molar-refractivity contribution >= 4 is 25.7 Å². The Bertz CT molecular complexity index is 942. The smallest absolute Gasteiger partial charge is 0.472 e. The second-order valence-electron chi connectivity index (χ2n) is 12.7. The largest absolute Gasteiger partial charge is 0.480 e. The van der Waals surface area contributed by atoms with Crippen molar-refractivity contribution in [2.45, 2.75) is 174 Å². The molecular weight excluding hydrogens is 649 g/mol. The predicted molar refractivity (Wildman–Crippen MR) is 194 cm³/mol. The molecule has 0 aromatic heterocycles. The lowest BCUT2D eigenvalue weighted by atomic mass is 10.1. The Morgan fingerprint density at radius 3 is 1.63 bits per heavy atom. The van der Waals surface area contributed by atoms with E-state index in [1.165, 1.54) is 64.2 Å². The van der Waals surface area contributed by atoms with Gasteiger partial charge < -0.3 is 25.2 Å². The van der Waals surface area contributed by atoms with Crippen molar-refractivity contribution in [3.8, 4) is 0 Å². The Balaban J connectivity index is 4.40. The third kappa shape index (κ3) is 32.9. The number of carboxylic acid groups (broad SMARTS) is 1. The maximum Gasteiger partial charge on any atom is 0.472 e. The van der Waals surface area contributed by atoms with Gasteiger partial charge in [0, 0.05) is 12.8 Å². The molecule has 0 spiro atoms. The number of hydrogen-bond donors (Lipinski definition) is 3. The number of phosphoric acid groups is 1. The topological polar surface area (TPSA) is 172 Å². The number of hydrogen-bond acceptors (Lipinski definition) is 9. The van der Waals surface area contributed by atoms with Crippen LogP contribution in [0.5, 0.6) is 0 Å². The van der Waals surface area contributed by atoms with E-state index in [2.05, 4.69) is 42.7 Å². The molecule has 0 aromatic carbocycles. The Morgan fingerprint density at radius 1 is 0.633 bits per heavy atom. The molecule has 11 nitrogen and oxygen atoms in total. The van der Waals surface area contributed by atoms with Gasteiger partial charge in [-0.25, -0.2) is 4.57 Å². The van der Waals surface area contributed by atoms with Gasteiger partial charge in [0.2, 0.25) is 0 Å². The summed E-state index contributed by atoms with van der Waals surface area (Å²) in [4.78, 5) is 45.6. The normalized spacial score (nSPS) is 14.2. The average Bonchev–Trinajstić information content (AvgIpc) is 3.07. The van der Waals surface area contributed by atoms with Crippen molar-refractivity contribution in [3.05, 3.63) is 24.3 Å². The number of rotatable bonds is 35. The Hall–Kier alpha value is -2.04. The molecule has 0 saturated carbocycles. The van der Waals surface area contributed by atoms with Crippen molar-refractivity contribution in [3.63, 3.8) is 0 Å². The van der Waals surface area contributed by atoms with E-state index >= 15 is 0 Å². The van der Waals surface area contributed by atoms with Crippen molar-refractivity contribution in [2.24, 2.45) is 5.73 Å². The molecule has 0 amide bonds. The first-order chi connectivity index (χ1) is 23.6.